The van der Waals surface area contributed by atoms with Crippen LogP contribution in [0.4, 0.5) is 11.6 Å². The lowest BCUT2D eigenvalue weighted by Gasteiger charge is -2.27. The molecule has 1 aliphatic heterocycles. The fourth-order valence-electron chi connectivity index (χ4n) is 3.35. The third kappa shape index (κ3) is 3.68. The van der Waals surface area contributed by atoms with Crippen molar-refractivity contribution in [2.45, 2.75) is 6.92 Å². The number of aryl methyl sites for hydroxylation is 1. The van der Waals surface area contributed by atoms with Crippen LogP contribution in [0.5, 0.6) is 11.6 Å². The lowest BCUT2D eigenvalue weighted by atomic mass is 10.1. The number of rotatable bonds is 5. The summed E-state index contributed by atoms with van der Waals surface area (Å²) in [6.07, 6.45) is 1.86. The highest BCUT2D eigenvalue weighted by Gasteiger charge is 2.20. The topological polar surface area (TPSA) is 102 Å². The minimum Gasteiger partial charge on any atom is -0.495 e. The summed E-state index contributed by atoms with van der Waals surface area (Å²) >= 11 is 0. The van der Waals surface area contributed by atoms with Crippen molar-refractivity contribution in [3.8, 4) is 11.6 Å². The van der Waals surface area contributed by atoms with Crippen molar-refractivity contribution in [2.24, 2.45) is 0 Å². The first-order valence-electron chi connectivity index (χ1n) is 9.32. The molecule has 29 heavy (non-hydrogen) atoms. The van der Waals surface area contributed by atoms with E-state index in [4.69, 9.17) is 14.2 Å². The van der Waals surface area contributed by atoms with Gasteiger partial charge in [-0.1, -0.05) is 0 Å². The van der Waals surface area contributed by atoms with E-state index in [0.29, 0.717) is 60.8 Å². The van der Waals surface area contributed by atoms with E-state index in [-0.39, 0.29) is 5.91 Å². The average molecular weight is 397 g/mol. The second-order valence-electron chi connectivity index (χ2n) is 6.70. The summed E-state index contributed by atoms with van der Waals surface area (Å²) in [4.78, 5) is 26.6. The summed E-state index contributed by atoms with van der Waals surface area (Å²) in [5.74, 6) is 1.32. The SMILES string of the molecule is COc1cc(C(=O)N2CCOCC2)ccc1Nc1nc(OC)c2c(C)c[nH]c2n1. The number of hydrogen-bond donors (Lipinski definition) is 2. The van der Waals surface area contributed by atoms with E-state index in [9.17, 15) is 4.79 Å². The minimum atomic E-state index is -0.0423. The fraction of sp³-hybridized carbons (Fsp3) is 0.350. The van der Waals surface area contributed by atoms with E-state index in [2.05, 4.69) is 20.3 Å². The van der Waals surface area contributed by atoms with Crippen LogP contribution in [0.2, 0.25) is 0 Å². The van der Waals surface area contributed by atoms with Gasteiger partial charge in [-0.25, -0.2) is 0 Å². The minimum absolute atomic E-state index is 0.0423. The van der Waals surface area contributed by atoms with Gasteiger partial charge in [-0.2, -0.15) is 9.97 Å². The van der Waals surface area contributed by atoms with Gasteiger partial charge >= 0.3 is 0 Å². The number of hydrogen-bond acceptors (Lipinski definition) is 7. The quantitative estimate of drug-likeness (QED) is 0.682. The second kappa shape index (κ2) is 7.96. The van der Waals surface area contributed by atoms with Gasteiger partial charge in [-0.15, -0.1) is 0 Å². The first kappa shape index (κ1) is 19.0. The number of benzene rings is 1. The number of nitrogens with zero attached hydrogens (tertiary/aromatic N) is 3. The molecule has 0 spiro atoms. The Morgan fingerprint density at radius 1 is 1.21 bits per heavy atom. The molecule has 1 fully saturated rings. The molecule has 1 saturated heterocycles. The Hall–Kier alpha value is -3.33. The summed E-state index contributed by atoms with van der Waals surface area (Å²) in [7, 11) is 3.13. The number of carbonyl (C=O) groups excluding carboxylic acids is 1. The Balaban J connectivity index is 1.62. The summed E-state index contributed by atoms with van der Waals surface area (Å²) in [6, 6.07) is 5.26. The van der Waals surface area contributed by atoms with E-state index in [0.717, 1.165) is 10.9 Å². The molecule has 152 valence electrons. The summed E-state index contributed by atoms with van der Waals surface area (Å²) in [5.41, 5.74) is 2.89. The number of aromatic nitrogens is 3. The molecule has 3 aromatic rings. The molecule has 0 aliphatic carbocycles. The number of ether oxygens (including phenoxy) is 3. The number of morpholine rings is 1. The number of fused-ring (bicyclic) bond motifs is 1. The van der Waals surface area contributed by atoms with Crippen molar-refractivity contribution in [2.75, 3.05) is 45.8 Å². The van der Waals surface area contributed by atoms with Gasteiger partial charge in [0.05, 0.1) is 38.5 Å². The van der Waals surface area contributed by atoms with E-state index >= 15 is 0 Å². The first-order chi connectivity index (χ1) is 14.1. The van der Waals surface area contributed by atoms with Crippen LogP contribution in [0.3, 0.4) is 0 Å². The Kier molecular flexibility index (Phi) is 5.22. The van der Waals surface area contributed by atoms with E-state index in [1.807, 2.05) is 13.1 Å². The number of H-pyrrole nitrogens is 1. The highest BCUT2D eigenvalue weighted by molar-refractivity contribution is 5.95. The van der Waals surface area contributed by atoms with Gasteiger partial charge in [-0.05, 0) is 30.7 Å². The zero-order chi connectivity index (χ0) is 20.4. The molecule has 1 aliphatic rings. The van der Waals surface area contributed by atoms with Gasteiger partial charge in [0, 0.05) is 24.8 Å². The Morgan fingerprint density at radius 2 is 2.00 bits per heavy atom. The van der Waals surface area contributed by atoms with Gasteiger partial charge < -0.3 is 29.4 Å². The van der Waals surface area contributed by atoms with Crippen LogP contribution >= 0.6 is 0 Å². The second-order valence-corrected chi connectivity index (χ2v) is 6.70. The van der Waals surface area contributed by atoms with Crippen molar-refractivity contribution in [3.05, 3.63) is 35.5 Å². The molecule has 0 unspecified atom stereocenters. The smallest absolute Gasteiger partial charge is 0.254 e. The summed E-state index contributed by atoms with van der Waals surface area (Å²) in [5, 5.41) is 4.00. The van der Waals surface area contributed by atoms with Crippen molar-refractivity contribution in [3.63, 3.8) is 0 Å². The van der Waals surface area contributed by atoms with Gasteiger partial charge in [0.25, 0.3) is 5.91 Å². The van der Waals surface area contributed by atoms with Crippen LogP contribution in [0.1, 0.15) is 15.9 Å². The highest BCUT2D eigenvalue weighted by Crippen LogP contribution is 2.31. The number of nitrogens with one attached hydrogen (secondary N) is 2. The predicted octanol–water partition coefficient (Wildman–Crippen LogP) is 2.50. The van der Waals surface area contributed by atoms with Gasteiger partial charge in [-0.3, -0.25) is 4.79 Å². The summed E-state index contributed by atoms with van der Waals surface area (Å²) in [6.45, 7) is 4.25. The van der Waals surface area contributed by atoms with Crippen LogP contribution < -0.4 is 14.8 Å². The molecule has 0 atom stereocenters. The van der Waals surface area contributed by atoms with Gasteiger partial charge in [0.1, 0.15) is 11.4 Å². The first-order valence-corrected chi connectivity index (χ1v) is 9.32. The van der Waals surface area contributed by atoms with Crippen molar-refractivity contribution >= 4 is 28.6 Å². The molecule has 0 bridgehead atoms. The number of carbonyl (C=O) groups is 1. The third-order valence-electron chi connectivity index (χ3n) is 4.88. The summed E-state index contributed by atoms with van der Waals surface area (Å²) < 4.78 is 16.2. The molecular formula is C20H23N5O4. The normalized spacial score (nSPS) is 14.1. The molecule has 9 heteroatoms. The number of amides is 1. The van der Waals surface area contributed by atoms with Crippen LogP contribution in [0.15, 0.2) is 24.4 Å². The fourth-order valence-corrected chi connectivity index (χ4v) is 3.35. The number of aromatic amines is 1. The molecule has 0 saturated carbocycles. The zero-order valence-electron chi connectivity index (χ0n) is 16.6. The van der Waals surface area contributed by atoms with Crippen LogP contribution in [0, 0.1) is 6.92 Å². The molecule has 3 heterocycles. The molecule has 9 nitrogen and oxygen atoms in total. The lowest BCUT2D eigenvalue weighted by Crippen LogP contribution is -2.40. The van der Waals surface area contributed by atoms with Crippen molar-refractivity contribution in [1.82, 2.24) is 19.9 Å². The molecule has 1 amide bonds. The van der Waals surface area contributed by atoms with Crippen LogP contribution in [-0.4, -0.2) is 66.3 Å². The standard InChI is InChI=1S/C20H23N5O4/c1-12-11-21-17-16(12)18(28-3)24-20(23-17)22-14-5-4-13(10-15(14)27-2)19(26)25-6-8-29-9-7-25/h4-5,10-11H,6-9H2,1-3H3,(H2,21,22,23,24). The largest absolute Gasteiger partial charge is 0.495 e. The monoisotopic (exact) mass is 397 g/mol. The average Bonchev–Trinajstić information content (AvgIpc) is 3.14. The molecule has 0 radical (unpaired) electrons. The predicted molar refractivity (Wildman–Crippen MR) is 108 cm³/mol. The molecule has 2 aromatic heterocycles. The van der Waals surface area contributed by atoms with E-state index in [1.165, 1.54) is 0 Å². The highest BCUT2D eigenvalue weighted by atomic mass is 16.5. The maximum absolute atomic E-state index is 12.7. The van der Waals surface area contributed by atoms with Crippen LogP contribution in [0.25, 0.3) is 11.0 Å². The van der Waals surface area contributed by atoms with Crippen LogP contribution in [-0.2, 0) is 4.74 Å². The Labute approximate surface area is 168 Å². The van der Waals surface area contributed by atoms with Gasteiger partial charge in [0.15, 0.2) is 0 Å². The maximum Gasteiger partial charge on any atom is 0.254 e. The Bertz CT molecular complexity index is 1040. The van der Waals surface area contributed by atoms with Crippen molar-refractivity contribution < 1.29 is 19.0 Å². The van der Waals surface area contributed by atoms with E-state index in [1.54, 1.807) is 37.3 Å². The lowest BCUT2D eigenvalue weighted by molar-refractivity contribution is 0.0302. The van der Waals surface area contributed by atoms with Gasteiger partial charge in [0.2, 0.25) is 11.8 Å². The zero-order valence-corrected chi connectivity index (χ0v) is 16.6. The number of anilines is 2. The molecular weight excluding hydrogens is 374 g/mol. The molecule has 1 aromatic carbocycles. The van der Waals surface area contributed by atoms with E-state index < -0.39 is 0 Å². The molecule has 4 rings (SSSR count). The molecule has 2 N–H and O–H groups in total. The maximum atomic E-state index is 12.7. The number of methoxy groups -OCH3 is 2. The Morgan fingerprint density at radius 3 is 2.72 bits per heavy atom. The third-order valence-corrected chi connectivity index (χ3v) is 4.88. The van der Waals surface area contributed by atoms with Crippen molar-refractivity contribution in [1.29, 1.82) is 0 Å².